The van der Waals surface area contributed by atoms with Crippen molar-refractivity contribution in [1.82, 2.24) is 9.97 Å². The molecule has 1 unspecified atom stereocenters. The van der Waals surface area contributed by atoms with Crippen LogP contribution in [0.2, 0.25) is 0 Å². The van der Waals surface area contributed by atoms with Crippen molar-refractivity contribution in [3.05, 3.63) is 47.8 Å². The molecule has 124 valence electrons. The lowest BCUT2D eigenvalue weighted by molar-refractivity contribution is -0.130. The van der Waals surface area contributed by atoms with Gasteiger partial charge in [0, 0.05) is 30.7 Å². The van der Waals surface area contributed by atoms with Crippen LogP contribution in [0.25, 0.3) is 0 Å². The highest BCUT2D eigenvalue weighted by Gasteiger charge is 2.34. The van der Waals surface area contributed by atoms with Crippen LogP contribution in [0.15, 0.2) is 36.5 Å². The zero-order chi connectivity index (χ0) is 16.5. The van der Waals surface area contributed by atoms with Crippen molar-refractivity contribution in [2.24, 2.45) is 0 Å². The minimum atomic E-state index is -0.478. The van der Waals surface area contributed by atoms with Gasteiger partial charge in [0.15, 0.2) is 6.10 Å². The first-order valence-corrected chi connectivity index (χ1v) is 8.28. The van der Waals surface area contributed by atoms with E-state index >= 15 is 0 Å². The third-order valence-electron chi connectivity index (χ3n) is 4.56. The van der Waals surface area contributed by atoms with Gasteiger partial charge >= 0.3 is 0 Å². The van der Waals surface area contributed by atoms with Gasteiger partial charge in [0.05, 0.1) is 13.2 Å². The summed E-state index contributed by atoms with van der Waals surface area (Å²) in [5.74, 6) is 0.690. The van der Waals surface area contributed by atoms with Gasteiger partial charge in [-0.05, 0) is 31.0 Å². The Morgan fingerprint density at radius 1 is 1.25 bits per heavy atom. The lowest BCUT2D eigenvalue weighted by Crippen LogP contribution is -2.51. The Morgan fingerprint density at radius 2 is 2.12 bits per heavy atom. The molecule has 2 aliphatic heterocycles. The van der Waals surface area contributed by atoms with E-state index < -0.39 is 6.10 Å². The zero-order valence-electron chi connectivity index (χ0n) is 13.7. The number of anilines is 2. The maximum absolute atomic E-state index is 12.9. The summed E-state index contributed by atoms with van der Waals surface area (Å²) >= 11 is 0. The standard InChI is InChI=1S/C18H20N4O2/c1-13-6-8-19-18(20-13)21-10-11-24-16(12-21)17(23)22-9-7-14-4-2-3-5-15(14)22/h2-6,8,16H,7,9-12H2,1H3. The van der Waals surface area contributed by atoms with Crippen LogP contribution in [0.1, 0.15) is 11.3 Å². The summed E-state index contributed by atoms with van der Waals surface area (Å²) in [4.78, 5) is 25.6. The van der Waals surface area contributed by atoms with E-state index in [0.29, 0.717) is 25.6 Å². The van der Waals surface area contributed by atoms with Crippen LogP contribution >= 0.6 is 0 Å². The van der Waals surface area contributed by atoms with Crippen LogP contribution in [-0.4, -0.2) is 48.2 Å². The maximum Gasteiger partial charge on any atom is 0.257 e. The van der Waals surface area contributed by atoms with Gasteiger partial charge in [0.1, 0.15) is 0 Å². The minimum Gasteiger partial charge on any atom is -0.365 e. The van der Waals surface area contributed by atoms with Gasteiger partial charge in [-0.3, -0.25) is 4.79 Å². The van der Waals surface area contributed by atoms with E-state index in [1.165, 1.54) is 5.56 Å². The fourth-order valence-corrected chi connectivity index (χ4v) is 3.31. The van der Waals surface area contributed by atoms with Crippen LogP contribution in [0, 0.1) is 6.92 Å². The Morgan fingerprint density at radius 3 is 3.00 bits per heavy atom. The summed E-state index contributed by atoms with van der Waals surface area (Å²) in [6.07, 6.45) is 2.18. The average molecular weight is 324 g/mol. The summed E-state index contributed by atoms with van der Waals surface area (Å²) in [6, 6.07) is 9.94. The number of carbonyl (C=O) groups excluding carboxylic acids is 1. The van der Waals surface area contributed by atoms with Gasteiger partial charge in [-0.1, -0.05) is 18.2 Å². The second-order valence-corrected chi connectivity index (χ2v) is 6.17. The van der Waals surface area contributed by atoms with E-state index in [1.54, 1.807) is 6.20 Å². The van der Waals surface area contributed by atoms with E-state index in [-0.39, 0.29) is 5.91 Å². The number of ether oxygens (including phenoxy) is 1. The van der Waals surface area contributed by atoms with Crippen LogP contribution in [-0.2, 0) is 16.0 Å². The second kappa shape index (κ2) is 6.20. The van der Waals surface area contributed by atoms with Crippen LogP contribution < -0.4 is 9.80 Å². The number of hydrogen-bond acceptors (Lipinski definition) is 5. The first kappa shape index (κ1) is 15.1. The van der Waals surface area contributed by atoms with Gasteiger partial charge in [0.25, 0.3) is 5.91 Å². The van der Waals surface area contributed by atoms with Crippen LogP contribution in [0.4, 0.5) is 11.6 Å². The monoisotopic (exact) mass is 324 g/mol. The zero-order valence-corrected chi connectivity index (χ0v) is 13.7. The second-order valence-electron chi connectivity index (χ2n) is 6.17. The molecule has 1 aromatic heterocycles. The van der Waals surface area contributed by atoms with Gasteiger partial charge in [-0.25, -0.2) is 9.97 Å². The van der Waals surface area contributed by atoms with E-state index in [2.05, 4.69) is 16.0 Å². The fraction of sp³-hybridized carbons (Fsp3) is 0.389. The number of aryl methyl sites for hydroxylation is 1. The number of amides is 1. The summed E-state index contributed by atoms with van der Waals surface area (Å²) in [7, 11) is 0. The molecule has 6 nitrogen and oxygen atoms in total. The number of fused-ring (bicyclic) bond motifs is 1. The highest BCUT2D eigenvalue weighted by Crippen LogP contribution is 2.28. The molecule has 0 radical (unpaired) electrons. The number of para-hydroxylation sites is 1. The highest BCUT2D eigenvalue weighted by molar-refractivity contribution is 5.98. The SMILES string of the molecule is Cc1ccnc(N2CCOC(C(=O)N3CCc4ccccc43)C2)n1. The third kappa shape index (κ3) is 2.73. The van der Waals surface area contributed by atoms with Crippen molar-refractivity contribution in [2.45, 2.75) is 19.4 Å². The first-order chi connectivity index (χ1) is 11.7. The Kier molecular flexibility index (Phi) is 3.90. The van der Waals surface area contributed by atoms with Crippen molar-refractivity contribution in [3.63, 3.8) is 0 Å². The van der Waals surface area contributed by atoms with Gasteiger partial charge in [-0.15, -0.1) is 0 Å². The summed E-state index contributed by atoms with van der Waals surface area (Å²) in [6.45, 7) is 4.35. The molecule has 2 aromatic rings. The molecule has 1 amide bonds. The molecule has 0 aliphatic carbocycles. The Hall–Kier alpha value is -2.47. The number of hydrogen-bond donors (Lipinski definition) is 0. The van der Waals surface area contributed by atoms with Crippen molar-refractivity contribution in [3.8, 4) is 0 Å². The van der Waals surface area contributed by atoms with Gasteiger partial charge in [-0.2, -0.15) is 0 Å². The van der Waals surface area contributed by atoms with Crippen molar-refractivity contribution >= 4 is 17.5 Å². The van der Waals surface area contributed by atoms with Gasteiger partial charge < -0.3 is 14.5 Å². The topological polar surface area (TPSA) is 58.6 Å². The van der Waals surface area contributed by atoms with E-state index in [4.69, 9.17) is 4.74 Å². The number of benzene rings is 1. The summed E-state index contributed by atoms with van der Waals surface area (Å²) < 4.78 is 5.76. The van der Waals surface area contributed by atoms with E-state index in [1.807, 2.05) is 41.0 Å². The minimum absolute atomic E-state index is 0.0253. The van der Waals surface area contributed by atoms with Crippen molar-refractivity contribution in [2.75, 3.05) is 36.0 Å². The molecule has 3 heterocycles. The molecule has 1 atom stereocenters. The van der Waals surface area contributed by atoms with Crippen molar-refractivity contribution in [1.29, 1.82) is 0 Å². The smallest absolute Gasteiger partial charge is 0.257 e. The first-order valence-electron chi connectivity index (χ1n) is 8.28. The molecule has 1 saturated heterocycles. The predicted octanol–water partition coefficient (Wildman–Crippen LogP) is 1.58. The number of morpholine rings is 1. The highest BCUT2D eigenvalue weighted by atomic mass is 16.5. The largest absolute Gasteiger partial charge is 0.365 e. The number of carbonyl (C=O) groups is 1. The van der Waals surface area contributed by atoms with Crippen LogP contribution in [0.5, 0.6) is 0 Å². The summed E-state index contributed by atoms with van der Waals surface area (Å²) in [5, 5.41) is 0. The van der Waals surface area contributed by atoms with Crippen LogP contribution in [0.3, 0.4) is 0 Å². The molecular formula is C18H20N4O2. The Balaban J connectivity index is 1.51. The molecular weight excluding hydrogens is 304 g/mol. The number of nitrogens with zero attached hydrogens (tertiary/aromatic N) is 4. The molecule has 2 aliphatic rings. The Bertz CT molecular complexity index is 764. The molecule has 6 heteroatoms. The maximum atomic E-state index is 12.9. The molecule has 0 bridgehead atoms. The third-order valence-corrected chi connectivity index (χ3v) is 4.56. The predicted molar refractivity (Wildman–Crippen MR) is 91.2 cm³/mol. The number of rotatable bonds is 2. The molecule has 24 heavy (non-hydrogen) atoms. The normalized spacial score (nSPS) is 20.1. The fourth-order valence-electron chi connectivity index (χ4n) is 3.31. The molecule has 0 saturated carbocycles. The van der Waals surface area contributed by atoms with E-state index in [9.17, 15) is 4.79 Å². The lowest BCUT2D eigenvalue weighted by Gasteiger charge is -2.34. The quantitative estimate of drug-likeness (QED) is 0.839. The molecule has 4 rings (SSSR count). The Labute approximate surface area is 141 Å². The van der Waals surface area contributed by atoms with E-state index in [0.717, 1.165) is 24.3 Å². The molecule has 1 fully saturated rings. The lowest BCUT2D eigenvalue weighted by atomic mass is 10.2. The molecule has 1 aromatic carbocycles. The average Bonchev–Trinajstić information content (AvgIpc) is 3.05. The summed E-state index contributed by atoms with van der Waals surface area (Å²) in [5.41, 5.74) is 3.15. The molecule has 0 N–H and O–H groups in total. The number of aromatic nitrogens is 2. The molecule has 0 spiro atoms. The van der Waals surface area contributed by atoms with Gasteiger partial charge in [0.2, 0.25) is 5.95 Å². The van der Waals surface area contributed by atoms with Crippen molar-refractivity contribution < 1.29 is 9.53 Å².